The number of nitrogens with zero attached hydrogens (tertiary/aromatic N) is 1. The molecule has 1 spiro atoms. The Hall–Kier alpha value is -2.44. The first kappa shape index (κ1) is 16.7. The van der Waals surface area contributed by atoms with Crippen LogP contribution in [-0.4, -0.2) is 48.7 Å². The monoisotopic (exact) mass is 372 g/mol. The van der Waals surface area contributed by atoms with Gasteiger partial charge < -0.3 is 19.5 Å². The zero-order valence-corrected chi connectivity index (χ0v) is 15.6. The molecule has 144 valence electrons. The second-order valence-electron chi connectivity index (χ2n) is 8.05. The number of fused-ring (bicyclic) bond motifs is 2. The maximum Gasteiger partial charge on any atom is 0.325 e. The summed E-state index contributed by atoms with van der Waals surface area (Å²) in [6, 6.07) is 3.12. The summed E-state index contributed by atoms with van der Waals surface area (Å²) in [7, 11) is 1.63. The minimum Gasteiger partial charge on any atom is -0.496 e. The number of imide groups is 1. The molecule has 27 heavy (non-hydrogen) atoms. The van der Waals surface area contributed by atoms with Gasteiger partial charge in [0, 0.05) is 42.0 Å². The lowest BCUT2D eigenvalue weighted by atomic mass is 9.87. The maximum atomic E-state index is 12.3. The van der Waals surface area contributed by atoms with Crippen molar-refractivity contribution in [3.63, 3.8) is 0 Å². The number of benzene rings is 1. The normalized spacial score (nSPS) is 29.9. The van der Waals surface area contributed by atoms with Gasteiger partial charge in [0.2, 0.25) is 0 Å². The highest BCUT2D eigenvalue weighted by atomic mass is 16.5. The first-order valence-corrected chi connectivity index (χ1v) is 9.70. The van der Waals surface area contributed by atoms with Gasteiger partial charge in [-0.2, -0.15) is 0 Å². The standard InChI is InChI=1S/C20H24N2O5/c1-3-14-18(23)22(19(24)21-14)11-6-13(7-11)27-16-9-12(25-2)8-15-17(16)20(4-5-20)10-26-15/h8-9,11,13-14H,3-7,10H2,1-2H3,(H,21,24)/t11?,13?,14-/m0/s1. The van der Waals surface area contributed by atoms with E-state index in [-0.39, 0.29) is 35.5 Å². The highest BCUT2D eigenvalue weighted by Crippen LogP contribution is 2.59. The van der Waals surface area contributed by atoms with Crippen molar-refractivity contribution in [1.29, 1.82) is 0 Å². The number of nitrogens with one attached hydrogen (secondary N) is 1. The highest BCUT2D eigenvalue weighted by molar-refractivity contribution is 6.04. The molecule has 1 saturated heterocycles. The molecule has 5 rings (SSSR count). The summed E-state index contributed by atoms with van der Waals surface area (Å²) >= 11 is 0. The van der Waals surface area contributed by atoms with Crippen LogP contribution in [0.2, 0.25) is 0 Å². The first-order valence-electron chi connectivity index (χ1n) is 9.70. The summed E-state index contributed by atoms with van der Waals surface area (Å²) in [5, 5.41) is 2.75. The lowest BCUT2D eigenvalue weighted by Gasteiger charge is -2.39. The Morgan fingerprint density at radius 2 is 2.07 bits per heavy atom. The number of hydrogen-bond acceptors (Lipinski definition) is 5. The SMILES string of the molecule is CC[C@@H]1NC(=O)N(C2CC(Oc3cc(OC)cc4c3C3(CC3)CO4)C2)C1=O. The van der Waals surface area contributed by atoms with E-state index in [1.807, 2.05) is 19.1 Å². The molecule has 3 fully saturated rings. The second kappa shape index (κ2) is 5.78. The van der Waals surface area contributed by atoms with Gasteiger partial charge in [-0.05, 0) is 19.3 Å². The van der Waals surface area contributed by atoms with Crippen LogP contribution in [0.15, 0.2) is 12.1 Å². The van der Waals surface area contributed by atoms with E-state index in [9.17, 15) is 9.59 Å². The Labute approximate surface area is 157 Å². The van der Waals surface area contributed by atoms with Crippen LogP contribution in [0.25, 0.3) is 0 Å². The van der Waals surface area contributed by atoms with E-state index in [0.29, 0.717) is 25.9 Å². The molecule has 0 radical (unpaired) electrons. The number of carbonyl (C=O) groups is 2. The fourth-order valence-corrected chi connectivity index (χ4v) is 4.44. The average molecular weight is 372 g/mol. The van der Waals surface area contributed by atoms with Crippen LogP contribution in [0.3, 0.4) is 0 Å². The number of methoxy groups -OCH3 is 1. The molecule has 1 aromatic carbocycles. The van der Waals surface area contributed by atoms with Gasteiger partial charge in [0.05, 0.1) is 13.7 Å². The molecule has 2 aliphatic carbocycles. The van der Waals surface area contributed by atoms with E-state index in [1.54, 1.807) is 7.11 Å². The minimum atomic E-state index is -0.383. The summed E-state index contributed by atoms with van der Waals surface area (Å²) in [6.07, 6.45) is 4.17. The van der Waals surface area contributed by atoms with E-state index >= 15 is 0 Å². The molecule has 2 aliphatic heterocycles. The van der Waals surface area contributed by atoms with Crippen LogP contribution in [0.1, 0.15) is 44.6 Å². The third-order valence-electron chi connectivity index (χ3n) is 6.35. The number of urea groups is 1. The van der Waals surface area contributed by atoms with Crippen molar-refractivity contribution in [2.75, 3.05) is 13.7 Å². The number of amides is 3. The molecule has 2 heterocycles. The Balaban J connectivity index is 1.31. The molecular weight excluding hydrogens is 348 g/mol. The van der Waals surface area contributed by atoms with Crippen molar-refractivity contribution in [1.82, 2.24) is 10.2 Å². The van der Waals surface area contributed by atoms with E-state index < -0.39 is 0 Å². The summed E-state index contributed by atoms with van der Waals surface area (Å²) in [5.74, 6) is 2.29. The van der Waals surface area contributed by atoms with Crippen LogP contribution in [0.5, 0.6) is 17.2 Å². The summed E-state index contributed by atoms with van der Waals surface area (Å²) in [4.78, 5) is 25.8. The van der Waals surface area contributed by atoms with Gasteiger partial charge in [0.25, 0.3) is 5.91 Å². The smallest absolute Gasteiger partial charge is 0.325 e. The first-order chi connectivity index (χ1) is 13.0. The molecule has 0 aromatic heterocycles. The molecule has 1 aromatic rings. The van der Waals surface area contributed by atoms with Gasteiger partial charge in [-0.3, -0.25) is 9.69 Å². The van der Waals surface area contributed by atoms with Gasteiger partial charge in [-0.1, -0.05) is 6.92 Å². The molecule has 1 atom stereocenters. The van der Waals surface area contributed by atoms with Gasteiger partial charge in [0.1, 0.15) is 29.4 Å². The largest absolute Gasteiger partial charge is 0.496 e. The topological polar surface area (TPSA) is 77.1 Å². The van der Waals surface area contributed by atoms with E-state index in [1.165, 1.54) is 4.90 Å². The Morgan fingerprint density at radius 1 is 1.30 bits per heavy atom. The molecule has 7 heteroatoms. The Bertz CT molecular complexity index is 813. The second-order valence-corrected chi connectivity index (χ2v) is 8.05. The van der Waals surface area contributed by atoms with Gasteiger partial charge in [-0.25, -0.2) is 4.79 Å². The zero-order valence-electron chi connectivity index (χ0n) is 15.6. The molecular formula is C20H24N2O5. The van der Waals surface area contributed by atoms with E-state index in [0.717, 1.165) is 35.7 Å². The third kappa shape index (κ3) is 2.47. The zero-order chi connectivity index (χ0) is 18.8. The Kier molecular flexibility index (Phi) is 3.58. The number of carbonyl (C=O) groups excluding carboxylic acids is 2. The molecule has 7 nitrogen and oxygen atoms in total. The fourth-order valence-electron chi connectivity index (χ4n) is 4.44. The molecule has 1 N–H and O–H groups in total. The molecule has 4 aliphatic rings. The summed E-state index contributed by atoms with van der Waals surface area (Å²) in [5.41, 5.74) is 1.27. The maximum absolute atomic E-state index is 12.3. The van der Waals surface area contributed by atoms with Crippen molar-refractivity contribution in [3.8, 4) is 17.2 Å². The predicted octanol–water partition coefficient (Wildman–Crippen LogP) is 2.36. The predicted molar refractivity (Wildman–Crippen MR) is 96.3 cm³/mol. The van der Waals surface area contributed by atoms with E-state index in [4.69, 9.17) is 14.2 Å². The fraction of sp³-hybridized carbons (Fsp3) is 0.600. The highest BCUT2D eigenvalue weighted by Gasteiger charge is 2.53. The van der Waals surface area contributed by atoms with Crippen LogP contribution >= 0.6 is 0 Å². The Morgan fingerprint density at radius 3 is 2.70 bits per heavy atom. The average Bonchev–Trinajstić information content (AvgIpc) is 3.24. The number of rotatable bonds is 5. The third-order valence-corrected chi connectivity index (χ3v) is 6.35. The van der Waals surface area contributed by atoms with Crippen LogP contribution < -0.4 is 19.5 Å². The minimum absolute atomic E-state index is 0.0103. The lowest BCUT2D eigenvalue weighted by Crippen LogP contribution is -2.52. The van der Waals surface area contributed by atoms with Gasteiger partial charge in [-0.15, -0.1) is 0 Å². The van der Waals surface area contributed by atoms with Gasteiger partial charge in [0.15, 0.2) is 0 Å². The van der Waals surface area contributed by atoms with Crippen LogP contribution in [-0.2, 0) is 10.2 Å². The van der Waals surface area contributed by atoms with E-state index in [2.05, 4.69) is 5.32 Å². The number of hydrogen-bond donors (Lipinski definition) is 1. The van der Waals surface area contributed by atoms with Crippen molar-refractivity contribution in [3.05, 3.63) is 17.7 Å². The van der Waals surface area contributed by atoms with Crippen molar-refractivity contribution < 1.29 is 23.8 Å². The molecule has 0 bridgehead atoms. The molecule has 3 amide bonds. The van der Waals surface area contributed by atoms with Crippen molar-refractivity contribution in [2.45, 2.75) is 62.6 Å². The van der Waals surface area contributed by atoms with Gasteiger partial charge >= 0.3 is 6.03 Å². The van der Waals surface area contributed by atoms with Crippen LogP contribution in [0, 0.1) is 0 Å². The van der Waals surface area contributed by atoms with Crippen molar-refractivity contribution in [2.24, 2.45) is 0 Å². The summed E-state index contributed by atoms with van der Waals surface area (Å²) < 4.78 is 17.6. The summed E-state index contributed by atoms with van der Waals surface area (Å²) in [6.45, 7) is 2.61. The molecule has 2 saturated carbocycles. The van der Waals surface area contributed by atoms with Crippen molar-refractivity contribution >= 4 is 11.9 Å². The number of ether oxygens (including phenoxy) is 3. The van der Waals surface area contributed by atoms with Crippen LogP contribution in [0.4, 0.5) is 4.79 Å². The molecule has 0 unspecified atom stereocenters. The quantitative estimate of drug-likeness (QED) is 0.803. The lowest BCUT2D eigenvalue weighted by molar-refractivity contribution is -0.131.